The molecule has 1 unspecified atom stereocenters. The first-order valence-electron chi connectivity index (χ1n) is 10.1. The summed E-state index contributed by atoms with van der Waals surface area (Å²) in [5.74, 6) is 0.817. The van der Waals surface area contributed by atoms with Gasteiger partial charge in [-0.2, -0.15) is 0 Å². The van der Waals surface area contributed by atoms with Gasteiger partial charge in [0.15, 0.2) is 11.9 Å². The van der Waals surface area contributed by atoms with E-state index in [0.29, 0.717) is 37.0 Å². The van der Waals surface area contributed by atoms with E-state index in [-0.39, 0.29) is 11.7 Å². The highest BCUT2D eigenvalue weighted by atomic mass is 35.5. The minimum absolute atomic E-state index is 0.0897. The van der Waals surface area contributed by atoms with E-state index in [2.05, 4.69) is 15.1 Å². The number of ether oxygens (including phenoxy) is 1. The summed E-state index contributed by atoms with van der Waals surface area (Å²) in [5, 5.41) is 9.36. The molecule has 6 nitrogen and oxygen atoms in total. The van der Waals surface area contributed by atoms with Crippen LogP contribution in [0.15, 0.2) is 60.7 Å². The van der Waals surface area contributed by atoms with Crippen molar-refractivity contribution in [2.24, 2.45) is 0 Å². The summed E-state index contributed by atoms with van der Waals surface area (Å²) in [5.41, 5.74) is 1.73. The Hall–Kier alpha value is -3.19. The third-order valence-corrected chi connectivity index (χ3v) is 5.43. The van der Waals surface area contributed by atoms with Gasteiger partial charge in [-0.15, -0.1) is 10.2 Å². The molecule has 1 fully saturated rings. The minimum atomic E-state index is -0.643. The van der Waals surface area contributed by atoms with Crippen LogP contribution >= 0.6 is 11.6 Å². The Morgan fingerprint density at radius 2 is 1.65 bits per heavy atom. The van der Waals surface area contributed by atoms with E-state index < -0.39 is 6.10 Å². The van der Waals surface area contributed by atoms with Crippen molar-refractivity contribution < 1.29 is 13.9 Å². The number of piperazine rings is 1. The number of hydrogen-bond donors (Lipinski definition) is 0. The van der Waals surface area contributed by atoms with E-state index in [4.69, 9.17) is 16.3 Å². The van der Waals surface area contributed by atoms with E-state index in [1.165, 1.54) is 24.3 Å². The number of halogens is 2. The second-order valence-electron chi connectivity index (χ2n) is 7.31. The van der Waals surface area contributed by atoms with Gasteiger partial charge in [0.25, 0.3) is 5.91 Å². The molecule has 1 aromatic heterocycles. The van der Waals surface area contributed by atoms with Gasteiger partial charge in [0.1, 0.15) is 11.6 Å². The van der Waals surface area contributed by atoms with Gasteiger partial charge in [-0.05, 0) is 55.5 Å². The first-order chi connectivity index (χ1) is 15.0. The van der Waals surface area contributed by atoms with Crippen molar-refractivity contribution in [1.82, 2.24) is 15.1 Å². The molecular weight excluding hydrogens is 419 g/mol. The Morgan fingerprint density at radius 1 is 0.968 bits per heavy atom. The maximum atomic E-state index is 13.0. The lowest BCUT2D eigenvalue weighted by atomic mass is 10.1. The summed E-state index contributed by atoms with van der Waals surface area (Å²) in [7, 11) is 0. The smallest absolute Gasteiger partial charge is 0.263 e. The molecule has 0 spiro atoms. The van der Waals surface area contributed by atoms with E-state index in [0.717, 1.165) is 17.1 Å². The summed E-state index contributed by atoms with van der Waals surface area (Å²) in [4.78, 5) is 16.6. The van der Waals surface area contributed by atoms with Gasteiger partial charge in [-0.3, -0.25) is 4.79 Å². The highest BCUT2D eigenvalue weighted by molar-refractivity contribution is 6.30. The molecule has 1 aliphatic heterocycles. The zero-order chi connectivity index (χ0) is 21.8. The third kappa shape index (κ3) is 5.11. The maximum absolute atomic E-state index is 13.0. The molecule has 3 aromatic rings. The number of carbonyl (C=O) groups is 1. The highest BCUT2D eigenvalue weighted by Crippen LogP contribution is 2.21. The Balaban J connectivity index is 1.32. The minimum Gasteiger partial charge on any atom is -0.481 e. The molecule has 8 heteroatoms. The van der Waals surface area contributed by atoms with Crippen LogP contribution in [0, 0.1) is 5.82 Å². The van der Waals surface area contributed by atoms with Crippen molar-refractivity contribution in [2.45, 2.75) is 13.0 Å². The van der Waals surface area contributed by atoms with Gasteiger partial charge in [0, 0.05) is 36.8 Å². The molecule has 4 rings (SSSR count). The van der Waals surface area contributed by atoms with E-state index in [1.54, 1.807) is 11.8 Å². The summed E-state index contributed by atoms with van der Waals surface area (Å²) < 4.78 is 18.7. The van der Waals surface area contributed by atoms with E-state index in [1.807, 2.05) is 36.4 Å². The third-order valence-electron chi connectivity index (χ3n) is 5.18. The van der Waals surface area contributed by atoms with Crippen LogP contribution < -0.4 is 9.64 Å². The SMILES string of the molecule is CC(Oc1ccc(F)cc1)C(=O)N1CCN(c2ccc(-c3ccc(Cl)cc3)nn2)CC1. The molecule has 0 N–H and O–H groups in total. The second kappa shape index (κ2) is 9.31. The molecule has 1 saturated heterocycles. The number of rotatable bonds is 5. The van der Waals surface area contributed by atoms with E-state index >= 15 is 0 Å². The van der Waals surface area contributed by atoms with Crippen LogP contribution in [0.1, 0.15) is 6.92 Å². The quantitative estimate of drug-likeness (QED) is 0.599. The molecule has 1 aliphatic rings. The summed E-state index contributed by atoms with van der Waals surface area (Å²) in [6.45, 7) is 4.15. The normalized spacial score (nSPS) is 14.9. The summed E-state index contributed by atoms with van der Waals surface area (Å²) >= 11 is 5.93. The number of carbonyl (C=O) groups excluding carboxylic acids is 1. The lowest BCUT2D eigenvalue weighted by Crippen LogP contribution is -2.52. The molecule has 0 bridgehead atoms. The molecule has 1 atom stereocenters. The monoisotopic (exact) mass is 440 g/mol. The van der Waals surface area contributed by atoms with Crippen molar-refractivity contribution in [3.8, 4) is 17.0 Å². The predicted molar refractivity (Wildman–Crippen MR) is 118 cm³/mol. The van der Waals surface area contributed by atoms with Crippen molar-refractivity contribution >= 4 is 23.3 Å². The molecule has 0 radical (unpaired) electrons. The Labute approximate surface area is 185 Å². The van der Waals surface area contributed by atoms with Gasteiger partial charge in [0.05, 0.1) is 5.69 Å². The van der Waals surface area contributed by atoms with Crippen LogP contribution in [-0.4, -0.2) is 53.3 Å². The number of benzene rings is 2. The predicted octanol–water partition coefficient (Wildman–Crippen LogP) is 4.05. The van der Waals surface area contributed by atoms with Gasteiger partial charge in [-0.25, -0.2) is 4.39 Å². The van der Waals surface area contributed by atoms with Gasteiger partial charge in [-0.1, -0.05) is 23.7 Å². The zero-order valence-electron chi connectivity index (χ0n) is 17.0. The number of hydrogen-bond acceptors (Lipinski definition) is 5. The first kappa shape index (κ1) is 21.1. The summed E-state index contributed by atoms with van der Waals surface area (Å²) in [6, 6.07) is 17.0. The molecular formula is C23H22ClFN4O2. The van der Waals surface area contributed by atoms with Crippen molar-refractivity contribution in [3.63, 3.8) is 0 Å². The van der Waals surface area contributed by atoms with Crippen molar-refractivity contribution in [1.29, 1.82) is 0 Å². The molecule has 1 amide bonds. The lowest BCUT2D eigenvalue weighted by molar-refractivity contribution is -0.138. The molecule has 31 heavy (non-hydrogen) atoms. The van der Waals surface area contributed by atoms with E-state index in [9.17, 15) is 9.18 Å². The Kier molecular flexibility index (Phi) is 6.32. The summed E-state index contributed by atoms with van der Waals surface area (Å²) in [6.07, 6.45) is -0.643. The average Bonchev–Trinajstić information content (AvgIpc) is 2.81. The average molecular weight is 441 g/mol. The van der Waals surface area contributed by atoms with Crippen molar-refractivity contribution in [2.75, 3.05) is 31.1 Å². The number of nitrogens with zero attached hydrogens (tertiary/aromatic N) is 4. The molecule has 160 valence electrons. The van der Waals surface area contributed by atoms with Crippen LogP contribution in [0.5, 0.6) is 5.75 Å². The number of anilines is 1. The number of amides is 1. The Bertz CT molecular complexity index is 1020. The van der Waals surface area contributed by atoms with Crippen LogP contribution in [0.3, 0.4) is 0 Å². The number of aromatic nitrogens is 2. The van der Waals surface area contributed by atoms with Crippen LogP contribution in [0.4, 0.5) is 10.2 Å². The molecule has 2 heterocycles. The maximum Gasteiger partial charge on any atom is 0.263 e. The van der Waals surface area contributed by atoms with Crippen LogP contribution in [-0.2, 0) is 4.79 Å². The molecule has 0 saturated carbocycles. The van der Waals surface area contributed by atoms with Gasteiger partial charge in [0.2, 0.25) is 0 Å². The fraction of sp³-hybridized carbons (Fsp3) is 0.261. The Morgan fingerprint density at radius 3 is 2.26 bits per heavy atom. The largest absolute Gasteiger partial charge is 0.481 e. The van der Waals surface area contributed by atoms with Crippen molar-refractivity contribution in [3.05, 3.63) is 71.5 Å². The molecule has 2 aromatic carbocycles. The van der Waals surface area contributed by atoms with Gasteiger partial charge >= 0.3 is 0 Å². The first-order valence-corrected chi connectivity index (χ1v) is 10.4. The molecule has 0 aliphatic carbocycles. The standard InChI is InChI=1S/C23H22ClFN4O2/c1-16(31-20-8-6-19(25)7-9-20)23(30)29-14-12-28(13-15-29)22-11-10-21(26-27-22)17-2-4-18(24)5-3-17/h2-11,16H,12-15H2,1H3. The fourth-order valence-corrected chi connectivity index (χ4v) is 3.58. The van der Waals surface area contributed by atoms with Gasteiger partial charge < -0.3 is 14.5 Å². The second-order valence-corrected chi connectivity index (χ2v) is 7.75. The fourth-order valence-electron chi connectivity index (χ4n) is 3.45. The van der Waals surface area contributed by atoms with Crippen LogP contribution in [0.2, 0.25) is 5.02 Å². The zero-order valence-corrected chi connectivity index (χ0v) is 17.8. The topological polar surface area (TPSA) is 58.6 Å². The van der Waals surface area contributed by atoms with Crippen LogP contribution in [0.25, 0.3) is 11.3 Å². The lowest BCUT2D eigenvalue weighted by Gasteiger charge is -2.36. The highest BCUT2D eigenvalue weighted by Gasteiger charge is 2.26.